The third kappa shape index (κ3) is 6.44. The summed E-state index contributed by atoms with van der Waals surface area (Å²) < 4.78 is 0. The predicted molar refractivity (Wildman–Crippen MR) is 97.5 cm³/mol. The lowest BCUT2D eigenvalue weighted by Crippen LogP contribution is -2.50. The highest BCUT2D eigenvalue weighted by Gasteiger charge is 2.42. The van der Waals surface area contributed by atoms with Gasteiger partial charge in [-0.05, 0) is 32.3 Å². The standard InChI is InChI=1S/C20H31NO3/c1-3-4-5-6-7-8-9-10-13-16-21-19(23)18-14-11-12-15-20(18,24)17(2)22/h3,11-12,14-15,18,24H,1,4-10,13,16H2,2H3,(H,21,23). The number of rotatable bonds is 12. The van der Waals surface area contributed by atoms with Crippen LogP contribution in [0.2, 0.25) is 0 Å². The lowest BCUT2D eigenvalue weighted by Gasteiger charge is -2.30. The molecule has 1 amide bonds. The Morgan fingerprint density at radius 2 is 1.75 bits per heavy atom. The van der Waals surface area contributed by atoms with E-state index in [1.807, 2.05) is 6.08 Å². The topological polar surface area (TPSA) is 66.4 Å². The van der Waals surface area contributed by atoms with Crippen LogP contribution in [-0.4, -0.2) is 28.9 Å². The third-order valence-electron chi connectivity index (χ3n) is 4.47. The van der Waals surface area contributed by atoms with Gasteiger partial charge >= 0.3 is 0 Å². The monoisotopic (exact) mass is 333 g/mol. The van der Waals surface area contributed by atoms with E-state index in [4.69, 9.17) is 0 Å². The summed E-state index contributed by atoms with van der Waals surface area (Å²) in [5, 5.41) is 13.2. The van der Waals surface area contributed by atoms with Crippen LogP contribution in [0.4, 0.5) is 0 Å². The fourth-order valence-electron chi connectivity index (χ4n) is 2.87. The van der Waals surface area contributed by atoms with Gasteiger partial charge in [-0.2, -0.15) is 0 Å². The molecule has 0 spiro atoms. The van der Waals surface area contributed by atoms with Gasteiger partial charge in [-0.1, -0.05) is 56.4 Å². The number of carbonyl (C=O) groups excluding carboxylic acids is 2. The van der Waals surface area contributed by atoms with Crippen molar-refractivity contribution in [2.75, 3.05) is 6.54 Å². The maximum absolute atomic E-state index is 12.2. The van der Waals surface area contributed by atoms with Crippen LogP contribution in [0.5, 0.6) is 0 Å². The van der Waals surface area contributed by atoms with Crippen LogP contribution < -0.4 is 5.32 Å². The molecule has 4 nitrogen and oxygen atoms in total. The minimum Gasteiger partial charge on any atom is -0.377 e. The molecule has 1 aliphatic rings. The highest BCUT2D eigenvalue weighted by Crippen LogP contribution is 2.26. The molecule has 4 heteroatoms. The molecule has 0 aromatic rings. The fraction of sp³-hybridized carbons (Fsp3) is 0.600. The number of allylic oxidation sites excluding steroid dienone is 3. The van der Waals surface area contributed by atoms with Gasteiger partial charge in [0.15, 0.2) is 11.4 Å². The molecule has 24 heavy (non-hydrogen) atoms. The average Bonchev–Trinajstić information content (AvgIpc) is 2.56. The summed E-state index contributed by atoms with van der Waals surface area (Å²) in [6, 6.07) is 0. The average molecular weight is 333 g/mol. The Labute approximate surface area is 145 Å². The third-order valence-corrected chi connectivity index (χ3v) is 4.47. The van der Waals surface area contributed by atoms with Crippen molar-refractivity contribution < 1.29 is 14.7 Å². The van der Waals surface area contributed by atoms with Crippen molar-refractivity contribution in [3.8, 4) is 0 Å². The van der Waals surface area contributed by atoms with E-state index >= 15 is 0 Å². The summed E-state index contributed by atoms with van der Waals surface area (Å²) in [4.78, 5) is 23.9. The molecule has 0 fully saturated rings. The summed E-state index contributed by atoms with van der Waals surface area (Å²) in [5.74, 6) is -1.55. The van der Waals surface area contributed by atoms with Crippen molar-refractivity contribution in [1.29, 1.82) is 0 Å². The van der Waals surface area contributed by atoms with E-state index in [1.54, 1.807) is 18.2 Å². The molecule has 0 saturated carbocycles. The molecule has 0 aromatic heterocycles. The number of hydrogen-bond donors (Lipinski definition) is 2. The molecule has 2 N–H and O–H groups in total. The van der Waals surface area contributed by atoms with Gasteiger partial charge in [0.05, 0.1) is 5.92 Å². The molecular weight excluding hydrogens is 302 g/mol. The molecule has 0 radical (unpaired) electrons. The van der Waals surface area contributed by atoms with Gasteiger partial charge in [0, 0.05) is 6.54 Å². The SMILES string of the molecule is C=CCCCCCCCCCNC(=O)C1C=CC=CC1(O)C(C)=O. The first-order valence-electron chi connectivity index (χ1n) is 9.00. The molecule has 134 valence electrons. The molecule has 2 unspecified atom stereocenters. The van der Waals surface area contributed by atoms with Gasteiger partial charge < -0.3 is 10.4 Å². The number of amides is 1. The van der Waals surface area contributed by atoms with Crippen molar-refractivity contribution in [3.05, 3.63) is 37.0 Å². The zero-order chi connectivity index (χ0) is 17.8. The largest absolute Gasteiger partial charge is 0.377 e. The van der Waals surface area contributed by atoms with E-state index in [9.17, 15) is 14.7 Å². The van der Waals surface area contributed by atoms with Crippen molar-refractivity contribution in [2.24, 2.45) is 5.92 Å². The van der Waals surface area contributed by atoms with Gasteiger partial charge in [-0.3, -0.25) is 9.59 Å². The number of Topliss-reactive ketones (excluding diaryl/α,β-unsaturated/α-hetero) is 1. The number of nitrogens with one attached hydrogen (secondary N) is 1. The van der Waals surface area contributed by atoms with E-state index in [-0.39, 0.29) is 5.91 Å². The van der Waals surface area contributed by atoms with E-state index in [0.717, 1.165) is 19.3 Å². The van der Waals surface area contributed by atoms with Crippen molar-refractivity contribution in [3.63, 3.8) is 0 Å². The lowest BCUT2D eigenvalue weighted by molar-refractivity contribution is -0.142. The Morgan fingerprint density at radius 3 is 2.38 bits per heavy atom. The smallest absolute Gasteiger partial charge is 0.230 e. The van der Waals surface area contributed by atoms with E-state index in [2.05, 4.69) is 11.9 Å². The molecule has 0 aromatic carbocycles. The Bertz CT molecular complexity index is 481. The van der Waals surface area contributed by atoms with Gasteiger partial charge in [0.25, 0.3) is 0 Å². The highest BCUT2D eigenvalue weighted by atomic mass is 16.3. The van der Waals surface area contributed by atoms with E-state index < -0.39 is 17.3 Å². The minimum atomic E-state index is -1.72. The second kappa shape index (κ2) is 11.0. The first-order valence-corrected chi connectivity index (χ1v) is 9.00. The zero-order valence-corrected chi connectivity index (χ0v) is 14.8. The Balaban J connectivity index is 2.18. The summed E-state index contributed by atoms with van der Waals surface area (Å²) in [7, 11) is 0. The zero-order valence-electron chi connectivity index (χ0n) is 14.8. The number of hydrogen-bond acceptors (Lipinski definition) is 3. The van der Waals surface area contributed by atoms with Crippen LogP contribution in [0.3, 0.4) is 0 Å². The first-order chi connectivity index (χ1) is 11.5. The number of carbonyl (C=O) groups is 2. The summed E-state index contributed by atoms with van der Waals surface area (Å²) in [5.41, 5.74) is -1.72. The Hall–Kier alpha value is -1.68. The molecular formula is C20H31NO3. The highest BCUT2D eigenvalue weighted by molar-refractivity contribution is 5.95. The maximum atomic E-state index is 12.2. The molecule has 2 atom stereocenters. The molecule has 0 aliphatic heterocycles. The summed E-state index contributed by atoms with van der Waals surface area (Å²) in [6.45, 7) is 5.60. The van der Waals surface area contributed by atoms with Gasteiger partial charge in [0.2, 0.25) is 5.91 Å². The molecule has 0 heterocycles. The van der Waals surface area contributed by atoms with Gasteiger partial charge in [-0.25, -0.2) is 0 Å². The lowest BCUT2D eigenvalue weighted by atomic mass is 9.80. The van der Waals surface area contributed by atoms with Gasteiger partial charge in [0.1, 0.15) is 0 Å². The van der Waals surface area contributed by atoms with E-state index in [1.165, 1.54) is 45.1 Å². The summed E-state index contributed by atoms with van der Waals surface area (Å²) in [6.07, 6.45) is 17.5. The quantitative estimate of drug-likeness (QED) is 0.424. The second-order valence-electron chi connectivity index (χ2n) is 6.45. The maximum Gasteiger partial charge on any atom is 0.230 e. The minimum absolute atomic E-state index is 0.294. The molecule has 1 rings (SSSR count). The van der Waals surface area contributed by atoms with Crippen LogP contribution >= 0.6 is 0 Å². The second-order valence-corrected chi connectivity index (χ2v) is 6.45. The Morgan fingerprint density at radius 1 is 1.12 bits per heavy atom. The van der Waals surface area contributed by atoms with Crippen LogP contribution in [0.1, 0.15) is 58.3 Å². The Kier molecular flexibility index (Phi) is 9.31. The number of aliphatic hydroxyl groups is 1. The molecule has 0 bridgehead atoms. The van der Waals surface area contributed by atoms with Crippen molar-refractivity contribution >= 4 is 11.7 Å². The van der Waals surface area contributed by atoms with Crippen LogP contribution in [0.25, 0.3) is 0 Å². The van der Waals surface area contributed by atoms with Crippen molar-refractivity contribution in [2.45, 2.75) is 63.9 Å². The normalized spacial score (nSPS) is 22.3. The van der Waals surface area contributed by atoms with Crippen LogP contribution in [0, 0.1) is 5.92 Å². The number of ketones is 1. The molecule has 0 saturated heterocycles. The van der Waals surface area contributed by atoms with Crippen molar-refractivity contribution in [1.82, 2.24) is 5.32 Å². The fourth-order valence-corrected chi connectivity index (χ4v) is 2.87. The predicted octanol–water partition coefficient (Wildman–Crippen LogP) is 3.47. The summed E-state index contributed by atoms with van der Waals surface area (Å²) >= 11 is 0. The van der Waals surface area contributed by atoms with E-state index in [0.29, 0.717) is 6.54 Å². The van der Waals surface area contributed by atoms with Gasteiger partial charge in [-0.15, -0.1) is 6.58 Å². The first kappa shape index (κ1) is 20.4. The number of unbranched alkanes of at least 4 members (excludes halogenated alkanes) is 7. The molecule has 1 aliphatic carbocycles. The van der Waals surface area contributed by atoms with Crippen LogP contribution in [-0.2, 0) is 9.59 Å². The van der Waals surface area contributed by atoms with Crippen LogP contribution in [0.15, 0.2) is 37.0 Å².